The van der Waals surface area contributed by atoms with Crippen LogP contribution in [0.2, 0.25) is 0 Å². The average Bonchev–Trinajstić information content (AvgIpc) is 3.15. The Balaban J connectivity index is 1.17. The smallest absolute Gasteiger partial charge is 0.192 e. The number of halogens is 1. The van der Waals surface area contributed by atoms with Crippen molar-refractivity contribution in [3.63, 3.8) is 0 Å². The van der Waals surface area contributed by atoms with E-state index in [4.69, 9.17) is 16.0 Å². The molecule has 5 heteroatoms. The first-order valence-corrected chi connectivity index (χ1v) is 19.1. The molecule has 0 amide bonds. The standard InChI is InChI=1S/C44H34ClOS3/c45-44-36(26-24-32-28-40(34-14-5-1-6-15-34)49-41(29-32)35-16-7-2-8-17-35)18-13-19-37(44)27-25-33-30-42(47-38-20-9-3-10-21-38)46-43(31-33)48-39-22-11-4-12-23-39/h1-12,14-17,20-31H,13,18-19H2/q+1. The fourth-order valence-electron chi connectivity index (χ4n) is 5.59. The first kappa shape index (κ1) is 33.3. The molecule has 1 aliphatic heterocycles. The maximum absolute atomic E-state index is 7.13. The largest absolute Gasteiger partial charge is 0.394 e. The number of benzene rings is 4. The summed E-state index contributed by atoms with van der Waals surface area (Å²) in [5.74, 6) is 0. The van der Waals surface area contributed by atoms with E-state index in [0.29, 0.717) is 0 Å². The van der Waals surface area contributed by atoms with Gasteiger partial charge in [0.25, 0.3) is 0 Å². The highest BCUT2D eigenvalue weighted by molar-refractivity contribution is 8.16. The fraction of sp³-hybridized carbons (Fsp3) is 0.0682. The van der Waals surface area contributed by atoms with Gasteiger partial charge in [0, 0.05) is 48.2 Å². The summed E-state index contributed by atoms with van der Waals surface area (Å²) >= 11 is 12.2. The Morgan fingerprint density at radius 3 is 1.63 bits per heavy atom. The van der Waals surface area contributed by atoms with Gasteiger partial charge in [-0.25, -0.2) is 0 Å². The average molecular weight is 710 g/mol. The van der Waals surface area contributed by atoms with Crippen LogP contribution in [0.25, 0.3) is 15.9 Å². The van der Waals surface area contributed by atoms with Crippen molar-refractivity contribution in [1.82, 2.24) is 0 Å². The number of hydrogen-bond acceptors (Lipinski definition) is 3. The molecule has 0 saturated heterocycles. The third kappa shape index (κ3) is 9.09. The summed E-state index contributed by atoms with van der Waals surface area (Å²) in [6, 6.07) is 46.1. The normalized spacial score (nSPS) is 15.8. The van der Waals surface area contributed by atoms with Gasteiger partial charge in [0.2, 0.25) is 0 Å². The molecular weight excluding hydrogens is 676 g/mol. The van der Waals surface area contributed by atoms with E-state index in [2.05, 4.69) is 158 Å². The molecule has 5 aromatic rings. The van der Waals surface area contributed by atoms with Crippen LogP contribution in [0.3, 0.4) is 0 Å². The zero-order chi connectivity index (χ0) is 33.3. The Hall–Kier alpha value is -4.19. The van der Waals surface area contributed by atoms with Gasteiger partial charge in [0.1, 0.15) is 0 Å². The Morgan fingerprint density at radius 2 is 1.10 bits per heavy atom. The van der Waals surface area contributed by atoms with Crippen molar-refractivity contribution in [2.24, 2.45) is 0 Å². The molecule has 7 rings (SSSR count). The maximum atomic E-state index is 7.13. The van der Waals surface area contributed by atoms with Crippen molar-refractivity contribution in [1.29, 1.82) is 0 Å². The van der Waals surface area contributed by atoms with Crippen molar-refractivity contribution < 1.29 is 4.42 Å². The van der Waals surface area contributed by atoms with Gasteiger partial charge in [0.15, 0.2) is 0 Å². The van der Waals surface area contributed by atoms with Gasteiger partial charge in [-0.3, -0.25) is 0 Å². The lowest BCUT2D eigenvalue weighted by atomic mass is 9.93. The Kier molecular flexibility index (Phi) is 11.2. The molecule has 49 heavy (non-hydrogen) atoms. The lowest BCUT2D eigenvalue weighted by Crippen LogP contribution is -1.98. The number of allylic oxidation sites excluding steroid dienone is 9. The summed E-state index contributed by atoms with van der Waals surface area (Å²) in [5, 5.41) is 2.54. The minimum absolute atomic E-state index is 0.846. The predicted octanol–water partition coefficient (Wildman–Crippen LogP) is 14.2. The molecule has 2 heterocycles. The summed E-state index contributed by atoms with van der Waals surface area (Å²) in [6.07, 6.45) is 16.3. The van der Waals surface area contributed by atoms with E-state index in [1.165, 1.54) is 26.5 Å². The molecule has 0 bridgehead atoms. The van der Waals surface area contributed by atoms with Crippen LogP contribution in [0.1, 0.15) is 36.0 Å². The van der Waals surface area contributed by atoms with Crippen molar-refractivity contribution >= 4 is 62.8 Å². The van der Waals surface area contributed by atoms with Gasteiger partial charge in [-0.15, -0.1) is 0 Å². The van der Waals surface area contributed by atoms with E-state index in [9.17, 15) is 0 Å². The van der Waals surface area contributed by atoms with E-state index in [1.54, 1.807) is 23.5 Å². The van der Waals surface area contributed by atoms with Crippen molar-refractivity contribution in [3.05, 3.63) is 202 Å². The minimum atomic E-state index is 0.846. The third-order valence-electron chi connectivity index (χ3n) is 8.04. The van der Waals surface area contributed by atoms with Gasteiger partial charge in [-0.2, -0.15) is 4.42 Å². The second kappa shape index (κ2) is 16.5. The van der Waals surface area contributed by atoms with E-state index in [0.717, 1.165) is 61.0 Å². The molecule has 1 nitrogen and oxygen atoms in total. The molecule has 1 aromatic heterocycles. The van der Waals surface area contributed by atoms with E-state index >= 15 is 0 Å². The predicted molar refractivity (Wildman–Crippen MR) is 213 cm³/mol. The second-order valence-corrected chi connectivity index (χ2v) is 15.2. The summed E-state index contributed by atoms with van der Waals surface area (Å²) in [4.78, 5) is 4.75. The van der Waals surface area contributed by atoms with Crippen LogP contribution >= 0.6 is 46.9 Å². The highest BCUT2D eigenvalue weighted by Gasteiger charge is 2.20. The highest BCUT2D eigenvalue weighted by atomic mass is 35.5. The summed E-state index contributed by atoms with van der Waals surface area (Å²) in [5.41, 5.74) is 7.02. The molecule has 240 valence electrons. The van der Waals surface area contributed by atoms with Crippen molar-refractivity contribution in [2.45, 2.75) is 39.2 Å². The van der Waals surface area contributed by atoms with Crippen molar-refractivity contribution in [3.8, 4) is 0 Å². The van der Waals surface area contributed by atoms with E-state index in [-0.39, 0.29) is 0 Å². The molecule has 0 N–H and O–H groups in total. The Bertz CT molecular complexity index is 1980. The highest BCUT2D eigenvalue weighted by Crippen LogP contribution is 2.44. The molecule has 1 aliphatic carbocycles. The van der Waals surface area contributed by atoms with Crippen LogP contribution in [-0.2, 0) is 0 Å². The fourth-order valence-corrected chi connectivity index (χ4v) is 8.79. The van der Waals surface area contributed by atoms with E-state index < -0.39 is 0 Å². The lowest BCUT2D eigenvalue weighted by Gasteiger charge is -2.18. The third-order valence-corrected chi connectivity index (χ3v) is 11.5. The number of thioether (sulfide) groups is 1. The summed E-state index contributed by atoms with van der Waals surface area (Å²) < 4.78 is 6.34. The number of hydrogen-bond donors (Lipinski definition) is 0. The number of rotatable bonds is 9. The van der Waals surface area contributed by atoms with Crippen LogP contribution in [-0.4, -0.2) is 0 Å². The van der Waals surface area contributed by atoms with Gasteiger partial charge in [0.05, 0.1) is 12.1 Å². The van der Waals surface area contributed by atoms with Gasteiger partial charge < -0.3 is 0 Å². The molecule has 0 saturated carbocycles. The zero-order valence-electron chi connectivity index (χ0n) is 26.8. The monoisotopic (exact) mass is 709 g/mol. The van der Waals surface area contributed by atoms with Crippen LogP contribution in [0.15, 0.2) is 210 Å². The summed E-state index contributed by atoms with van der Waals surface area (Å²) in [7, 11) is 0. The van der Waals surface area contributed by atoms with Crippen LogP contribution in [0, 0.1) is 0 Å². The Morgan fingerprint density at radius 1 is 0.592 bits per heavy atom. The topological polar surface area (TPSA) is 11.3 Å². The van der Waals surface area contributed by atoms with Crippen molar-refractivity contribution in [2.75, 3.05) is 0 Å². The zero-order valence-corrected chi connectivity index (χ0v) is 30.0. The first-order valence-electron chi connectivity index (χ1n) is 16.3. The lowest BCUT2D eigenvalue weighted by molar-refractivity contribution is 0.373. The molecular formula is C44H34ClOS3+. The van der Waals surface area contributed by atoms with Gasteiger partial charge in [-0.1, -0.05) is 145 Å². The first-order chi connectivity index (χ1) is 24.2. The molecule has 0 spiro atoms. The molecule has 0 fully saturated rings. The van der Waals surface area contributed by atoms with Gasteiger partial charge >= 0.3 is 10.2 Å². The quantitative estimate of drug-likeness (QED) is 0.141. The maximum Gasteiger partial charge on any atom is 0.394 e. The molecule has 0 atom stereocenters. The van der Waals surface area contributed by atoms with E-state index in [1.807, 2.05) is 23.9 Å². The second-order valence-electron chi connectivity index (χ2n) is 11.6. The van der Waals surface area contributed by atoms with Gasteiger partial charge in [-0.05, 0) is 89.1 Å². The summed E-state index contributed by atoms with van der Waals surface area (Å²) in [6.45, 7) is 0. The molecule has 0 radical (unpaired) electrons. The van der Waals surface area contributed by atoms with Crippen LogP contribution < -0.4 is 0 Å². The van der Waals surface area contributed by atoms with Crippen LogP contribution in [0.5, 0.6) is 0 Å². The SMILES string of the molecule is ClC1=C(C=Cc2cc(Sc3ccccc3)[o+]c(Sc3ccccc3)c2)CCCC1=CC=C1C=C(c2ccccc2)SC(c2ccccc2)=C1. The Labute approximate surface area is 306 Å². The van der Waals surface area contributed by atoms with Crippen LogP contribution in [0.4, 0.5) is 0 Å². The molecule has 2 aliphatic rings. The molecule has 0 unspecified atom stereocenters. The minimum Gasteiger partial charge on any atom is -0.192 e. The molecule has 4 aromatic carbocycles.